The van der Waals surface area contributed by atoms with Crippen LogP contribution in [0.1, 0.15) is 0 Å². The molecule has 0 saturated carbocycles. The predicted octanol–water partition coefficient (Wildman–Crippen LogP) is 1.76. The molecule has 1 aromatic heterocycles. The molecule has 2 rings (SSSR count). The van der Waals surface area contributed by atoms with E-state index < -0.39 is 0 Å². The van der Waals surface area contributed by atoms with Crippen LogP contribution >= 0.6 is 11.8 Å². The third-order valence-electron chi connectivity index (χ3n) is 1.68. The van der Waals surface area contributed by atoms with Crippen molar-refractivity contribution < 1.29 is 9.15 Å². The molecule has 12 heavy (non-hydrogen) atoms. The first-order chi connectivity index (χ1) is 5.97. The van der Waals surface area contributed by atoms with Crippen LogP contribution < -0.4 is 4.90 Å². The summed E-state index contributed by atoms with van der Waals surface area (Å²) in [6, 6.07) is 3.85. The van der Waals surface area contributed by atoms with Crippen molar-refractivity contribution in [2.24, 2.45) is 0 Å². The summed E-state index contributed by atoms with van der Waals surface area (Å²) in [5.74, 6) is 2.91. The predicted molar refractivity (Wildman–Crippen MR) is 49.3 cm³/mol. The lowest BCUT2D eigenvalue weighted by molar-refractivity contribution is 0.153. The van der Waals surface area contributed by atoms with Gasteiger partial charge in [-0.05, 0) is 6.07 Å². The molecular weight excluding hydrogens is 174 g/mol. The summed E-state index contributed by atoms with van der Waals surface area (Å²) < 4.78 is 10.6. The van der Waals surface area contributed by atoms with Crippen LogP contribution in [0, 0.1) is 0 Å². The Morgan fingerprint density at radius 3 is 3.33 bits per heavy atom. The van der Waals surface area contributed by atoms with E-state index in [1.807, 2.05) is 23.9 Å². The largest absolute Gasteiger partial charge is 0.449 e. The molecule has 0 N–H and O–H groups in total. The van der Waals surface area contributed by atoms with Gasteiger partial charge in [0.25, 0.3) is 0 Å². The maximum Gasteiger partial charge on any atom is 0.197 e. The summed E-state index contributed by atoms with van der Waals surface area (Å²) in [5.41, 5.74) is 0. The molecule has 0 unspecified atom stereocenters. The first kappa shape index (κ1) is 8.01. The lowest BCUT2D eigenvalue weighted by Gasteiger charge is -2.17. The number of thioether (sulfide) groups is 1. The highest BCUT2D eigenvalue weighted by Gasteiger charge is 2.11. The van der Waals surface area contributed by atoms with Crippen LogP contribution in [0.4, 0.5) is 5.88 Å². The Labute approximate surface area is 75.7 Å². The number of ether oxygens (including phenoxy) is 1. The first-order valence-corrected chi connectivity index (χ1v) is 5.06. The molecular formula is C8H11NO2S. The van der Waals surface area contributed by atoms with Crippen LogP contribution in [0.2, 0.25) is 0 Å². The van der Waals surface area contributed by atoms with Crippen molar-refractivity contribution in [2.75, 3.05) is 29.9 Å². The fraction of sp³-hybridized carbons (Fsp3) is 0.500. The van der Waals surface area contributed by atoms with E-state index >= 15 is 0 Å². The van der Waals surface area contributed by atoms with Gasteiger partial charge in [0, 0.05) is 11.8 Å². The smallest absolute Gasteiger partial charge is 0.197 e. The van der Waals surface area contributed by atoms with Gasteiger partial charge in [0.2, 0.25) is 0 Å². The van der Waals surface area contributed by atoms with E-state index in [-0.39, 0.29) is 0 Å². The first-order valence-electron chi connectivity index (χ1n) is 3.91. The standard InChI is InChI=1S/C8H11NO2S/c1-2-8(11-3-1)9-6-10-4-5-12-7-9/h1-3H,4-7H2. The molecule has 1 fully saturated rings. The van der Waals surface area contributed by atoms with Crippen molar-refractivity contribution in [3.63, 3.8) is 0 Å². The van der Waals surface area contributed by atoms with Gasteiger partial charge in [-0.1, -0.05) is 0 Å². The van der Waals surface area contributed by atoms with E-state index in [0.717, 1.165) is 24.1 Å². The Morgan fingerprint density at radius 1 is 1.50 bits per heavy atom. The average molecular weight is 185 g/mol. The van der Waals surface area contributed by atoms with E-state index in [1.54, 1.807) is 6.26 Å². The fourth-order valence-corrected chi connectivity index (χ4v) is 1.87. The summed E-state index contributed by atoms with van der Waals surface area (Å²) in [6.45, 7) is 1.47. The van der Waals surface area contributed by atoms with Crippen LogP contribution in [0.15, 0.2) is 22.8 Å². The van der Waals surface area contributed by atoms with Crippen LogP contribution in [0.3, 0.4) is 0 Å². The molecule has 0 radical (unpaired) electrons. The summed E-state index contributed by atoms with van der Waals surface area (Å²) in [5, 5.41) is 0. The number of furan rings is 1. The van der Waals surface area contributed by atoms with Crippen molar-refractivity contribution >= 4 is 17.6 Å². The molecule has 0 aliphatic carbocycles. The minimum absolute atomic E-state index is 0.639. The quantitative estimate of drug-likeness (QED) is 0.666. The molecule has 3 nitrogen and oxygen atoms in total. The Morgan fingerprint density at radius 2 is 2.50 bits per heavy atom. The Kier molecular flexibility index (Phi) is 2.58. The van der Waals surface area contributed by atoms with Gasteiger partial charge in [-0.3, -0.25) is 0 Å². The fourth-order valence-electron chi connectivity index (χ4n) is 1.08. The zero-order valence-corrected chi connectivity index (χ0v) is 7.55. The van der Waals surface area contributed by atoms with E-state index in [4.69, 9.17) is 9.15 Å². The highest BCUT2D eigenvalue weighted by molar-refractivity contribution is 7.99. The third kappa shape index (κ3) is 1.76. The van der Waals surface area contributed by atoms with Gasteiger partial charge in [0.1, 0.15) is 6.73 Å². The highest BCUT2D eigenvalue weighted by atomic mass is 32.2. The zero-order chi connectivity index (χ0) is 8.23. The molecule has 0 aromatic carbocycles. The lowest BCUT2D eigenvalue weighted by atomic mass is 10.6. The van der Waals surface area contributed by atoms with E-state index in [9.17, 15) is 0 Å². The maximum atomic E-state index is 5.38. The molecule has 1 aliphatic heterocycles. The molecule has 4 heteroatoms. The van der Waals surface area contributed by atoms with Gasteiger partial charge in [-0.2, -0.15) is 0 Å². The lowest BCUT2D eigenvalue weighted by Crippen LogP contribution is -2.23. The number of anilines is 1. The molecule has 1 saturated heterocycles. The van der Waals surface area contributed by atoms with Gasteiger partial charge in [0.05, 0.1) is 18.7 Å². The number of hydrogen-bond acceptors (Lipinski definition) is 4. The van der Waals surface area contributed by atoms with Gasteiger partial charge in [0.15, 0.2) is 5.88 Å². The molecule has 1 aromatic rings. The van der Waals surface area contributed by atoms with Crippen molar-refractivity contribution in [1.82, 2.24) is 0 Å². The third-order valence-corrected chi connectivity index (χ3v) is 2.63. The monoisotopic (exact) mass is 185 g/mol. The van der Waals surface area contributed by atoms with Gasteiger partial charge >= 0.3 is 0 Å². The number of nitrogens with zero attached hydrogens (tertiary/aromatic N) is 1. The van der Waals surface area contributed by atoms with E-state index in [1.165, 1.54) is 0 Å². The van der Waals surface area contributed by atoms with E-state index in [2.05, 4.69) is 4.90 Å². The summed E-state index contributed by atoms with van der Waals surface area (Å²) >= 11 is 1.86. The van der Waals surface area contributed by atoms with Gasteiger partial charge < -0.3 is 14.1 Å². The van der Waals surface area contributed by atoms with Crippen LogP contribution in [-0.2, 0) is 4.74 Å². The normalized spacial score (nSPS) is 19.2. The maximum absolute atomic E-state index is 5.38. The van der Waals surface area contributed by atoms with Gasteiger partial charge in [-0.15, -0.1) is 11.8 Å². The second-order valence-corrected chi connectivity index (χ2v) is 3.64. The number of rotatable bonds is 1. The molecule has 1 aliphatic rings. The Hall–Kier alpha value is -0.610. The van der Waals surface area contributed by atoms with Crippen LogP contribution in [-0.4, -0.2) is 25.0 Å². The molecule has 0 spiro atoms. The van der Waals surface area contributed by atoms with Crippen LogP contribution in [0.25, 0.3) is 0 Å². The van der Waals surface area contributed by atoms with Crippen molar-refractivity contribution in [3.8, 4) is 0 Å². The molecule has 0 atom stereocenters. The van der Waals surface area contributed by atoms with E-state index in [0.29, 0.717) is 6.73 Å². The molecule has 0 bridgehead atoms. The summed E-state index contributed by atoms with van der Waals surface area (Å²) in [7, 11) is 0. The highest BCUT2D eigenvalue weighted by Crippen LogP contribution is 2.19. The topological polar surface area (TPSA) is 25.6 Å². The molecule has 2 heterocycles. The minimum atomic E-state index is 0.639. The van der Waals surface area contributed by atoms with Crippen molar-refractivity contribution in [1.29, 1.82) is 0 Å². The molecule has 66 valence electrons. The number of hydrogen-bond donors (Lipinski definition) is 0. The van der Waals surface area contributed by atoms with Crippen molar-refractivity contribution in [3.05, 3.63) is 18.4 Å². The Bertz CT molecular complexity index is 217. The Balaban J connectivity index is 2.02. The summed E-state index contributed by atoms with van der Waals surface area (Å²) in [6.07, 6.45) is 1.69. The SMILES string of the molecule is c1coc(N2COCCSC2)c1. The zero-order valence-electron chi connectivity index (χ0n) is 6.73. The van der Waals surface area contributed by atoms with Crippen molar-refractivity contribution in [2.45, 2.75) is 0 Å². The minimum Gasteiger partial charge on any atom is -0.449 e. The average Bonchev–Trinajstić information content (AvgIpc) is 2.48. The molecule has 0 amide bonds. The van der Waals surface area contributed by atoms with Crippen LogP contribution in [0.5, 0.6) is 0 Å². The second kappa shape index (κ2) is 3.87. The summed E-state index contributed by atoms with van der Waals surface area (Å²) in [4.78, 5) is 2.08. The second-order valence-electron chi connectivity index (χ2n) is 2.57. The van der Waals surface area contributed by atoms with Gasteiger partial charge in [-0.25, -0.2) is 0 Å².